The number of pyridine rings is 1. The lowest BCUT2D eigenvalue weighted by Crippen LogP contribution is -2.06. The van der Waals surface area contributed by atoms with Gasteiger partial charge in [0.05, 0.1) is 10.6 Å². The van der Waals surface area contributed by atoms with Gasteiger partial charge in [-0.3, -0.25) is 4.79 Å². The highest BCUT2D eigenvalue weighted by Gasteiger charge is 2.30. The minimum Gasteiger partial charge on any atom is -0.322 e. The molecule has 1 heterocycles. The second kappa shape index (κ2) is 4.49. The van der Waals surface area contributed by atoms with Gasteiger partial charge in [-0.05, 0) is 18.2 Å². The highest BCUT2D eigenvalue weighted by Crippen LogP contribution is 2.34. The molecule has 94 valence electrons. The predicted molar refractivity (Wildman–Crippen MR) is 62.5 cm³/mol. The summed E-state index contributed by atoms with van der Waals surface area (Å²) >= 11 is 5.80. The Bertz CT molecular complexity index is 634. The lowest BCUT2D eigenvalue weighted by molar-refractivity contribution is -0.137. The molecule has 0 bridgehead atoms. The number of nitrogens with one attached hydrogen (secondary N) is 1. The van der Waals surface area contributed by atoms with E-state index in [1.807, 2.05) is 0 Å². The van der Waals surface area contributed by atoms with Crippen LogP contribution in [0.15, 0.2) is 41.2 Å². The zero-order valence-electron chi connectivity index (χ0n) is 8.88. The van der Waals surface area contributed by atoms with E-state index in [4.69, 9.17) is 11.6 Å². The number of aromatic nitrogens is 1. The van der Waals surface area contributed by atoms with Crippen molar-refractivity contribution in [1.29, 1.82) is 0 Å². The van der Waals surface area contributed by atoms with Crippen LogP contribution in [0, 0.1) is 0 Å². The SMILES string of the molecule is O=c1cccc(-c2ccc(C(F)(F)F)cc2Cl)[nH]1. The molecule has 2 nitrogen and oxygen atoms in total. The van der Waals surface area contributed by atoms with Crippen molar-refractivity contribution in [3.63, 3.8) is 0 Å². The van der Waals surface area contributed by atoms with Gasteiger partial charge in [0.2, 0.25) is 5.56 Å². The third kappa shape index (κ3) is 2.56. The molecule has 0 spiro atoms. The van der Waals surface area contributed by atoms with Gasteiger partial charge in [0, 0.05) is 17.3 Å². The first-order valence-electron chi connectivity index (χ1n) is 4.94. The van der Waals surface area contributed by atoms with Crippen LogP contribution < -0.4 is 5.56 Å². The molecule has 1 aromatic carbocycles. The molecule has 0 atom stereocenters. The van der Waals surface area contributed by atoms with E-state index in [9.17, 15) is 18.0 Å². The molecule has 18 heavy (non-hydrogen) atoms. The molecule has 0 amide bonds. The molecule has 0 aliphatic heterocycles. The van der Waals surface area contributed by atoms with Gasteiger partial charge in [-0.1, -0.05) is 23.7 Å². The first-order chi connectivity index (χ1) is 8.38. The molecular weight excluding hydrogens is 267 g/mol. The van der Waals surface area contributed by atoms with Crippen LogP contribution in [0.2, 0.25) is 5.02 Å². The monoisotopic (exact) mass is 273 g/mol. The Morgan fingerprint density at radius 3 is 2.39 bits per heavy atom. The van der Waals surface area contributed by atoms with E-state index in [-0.39, 0.29) is 10.6 Å². The Kier molecular flexibility index (Phi) is 3.17. The van der Waals surface area contributed by atoms with E-state index in [0.29, 0.717) is 11.3 Å². The lowest BCUT2D eigenvalue weighted by Gasteiger charge is -2.09. The Morgan fingerprint density at radius 2 is 1.83 bits per heavy atom. The Balaban J connectivity index is 2.52. The summed E-state index contributed by atoms with van der Waals surface area (Å²) in [5, 5.41) is -0.0633. The van der Waals surface area contributed by atoms with E-state index < -0.39 is 11.7 Å². The number of hydrogen-bond acceptors (Lipinski definition) is 1. The van der Waals surface area contributed by atoms with Crippen LogP contribution in [-0.2, 0) is 6.18 Å². The second-order valence-electron chi connectivity index (χ2n) is 3.62. The van der Waals surface area contributed by atoms with E-state index in [1.54, 1.807) is 6.07 Å². The quantitative estimate of drug-likeness (QED) is 0.844. The predicted octanol–water partition coefficient (Wildman–Crippen LogP) is 3.71. The molecule has 0 saturated carbocycles. The van der Waals surface area contributed by atoms with Gasteiger partial charge in [-0.25, -0.2) is 0 Å². The topological polar surface area (TPSA) is 32.9 Å². The van der Waals surface area contributed by atoms with Crippen LogP contribution in [0.5, 0.6) is 0 Å². The molecule has 0 aliphatic rings. The van der Waals surface area contributed by atoms with E-state index in [0.717, 1.165) is 12.1 Å². The number of aromatic amines is 1. The normalized spacial score (nSPS) is 11.6. The van der Waals surface area contributed by atoms with Gasteiger partial charge < -0.3 is 4.98 Å². The summed E-state index contributed by atoms with van der Waals surface area (Å²) in [6, 6.07) is 7.37. The highest BCUT2D eigenvalue weighted by atomic mass is 35.5. The smallest absolute Gasteiger partial charge is 0.322 e. The van der Waals surface area contributed by atoms with Crippen molar-refractivity contribution in [3.05, 3.63) is 57.3 Å². The van der Waals surface area contributed by atoms with Crippen LogP contribution in [-0.4, -0.2) is 4.98 Å². The maximum atomic E-state index is 12.4. The molecular formula is C12H7ClF3NO. The van der Waals surface area contributed by atoms with Crippen molar-refractivity contribution in [2.24, 2.45) is 0 Å². The van der Waals surface area contributed by atoms with Gasteiger partial charge in [-0.15, -0.1) is 0 Å². The van der Waals surface area contributed by atoms with Crippen molar-refractivity contribution in [2.45, 2.75) is 6.18 Å². The molecule has 0 unspecified atom stereocenters. The first kappa shape index (κ1) is 12.7. The third-order valence-corrected chi connectivity index (χ3v) is 2.67. The van der Waals surface area contributed by atoms with Crippen molar-refractivity contribution >= 4 is 11.6 Å². The average molecular weight is 274 g/mol. The van der Waals surface area contributed by atoms with E-state index >= 15 is 0 Å². The van der Waals surface area contributed by atoms with Gasteiger partial charge in [-0.2, -0.15) is 13.2 Å². The summed E-state index contributed by atoms with van der Waals surface area (Å²) in [5.41, 5.74) is -0.443. The summed E-state index contributed by atoms with van der Waals surface area (Å²) in [5.74, 6) is 0. The number of halogens is 4. The molecule has 1 aromatic heterocycles. The number of benzene rings is 1. The third-order valence-electron chi connectivity index (χ3n) is 2.35. The van der Waals surface area contributed by atoms with Gasteiger partial charge in [0.25, 0.3) is 0 Å². The maximum absolute atomic E-state index is 12.4. The fourth-order valence-electron chi connectivity index (χ4n) is 1.51. The van der Waals surface area contributed by atoms with Gasteiger partial charge in [0.1, 0.15) is 0 Å². The summed E-state index contributed by atoms with van der Waals surface area (Å²) in [7, 11) is 0. The molecule has 2 rings (SSSR count). The minimum atomic E-state index is -4.44. The average Bonchev–Trinajstić information content (AvgIpc) is 2.27. The first-order valence-corrected chi connectivity index (χ1v) is 5.32. The fraction of sp³-hybridized carbons (Fsp3) is 0.0833. The molecule has 2 aromatic rings. The molecule has 6 heteroatoms. The minimum absolute atomic E-state index is 0.0633. The van der Waals surface area contributed by atoms with Gasteiger partial charge in [0.15, 0.2) is 0 Å². The molecule has 0 saturated heterocycles. The van der Waals surface area contributed by atoms with Crippen molar-refractivity contribution in [2.75, 3.05) is 0 Å². The van der Waals surface area contributed by atoms with E-state index in [1.165, 1.54) is 18.2 Å². The maximum Gasteiger partial charge on any atom is 0.416 e. The van der Waals surface area contributed by atoms with E-state index in [2.05, 4.69) is 4.98 Å². The Hall–Kier alpha value is -1.75. The number of alkyl halides is 3. The standard InChI is InChI=1S/C12H7ClF3NO/c13-9-6-7(12(14,15)16)4-5-8(9)10-2-1-3-11(18)17-10/h1-6H,(H,17,18). The zero-order chi connectivity index (χ0) is 13.3. The highest BCUT2D eigenvalue weighted by molar-refractivity contribution is 6.33. The van der Waals surface area contributed by atoms with Crippen LogP contribution in [0.25, 0.3) is 11.3 Å². The van der Waals surface area contributed by atoms with Crippen LogP contribution in [0.3, 0.4) is 0 Å². The molecule has 1 N–H and O–H groups in total. The summed E-state index contributed by atoms with van der Waals surface area (Å²) < 4.78 is 37.3. The summed E-state index contributed by atoms with van der Waals surface area (Å²) in [6.45, 7) is 0. The van der Waals surface area contributed by atoms with Crippen molar-refractivity contribution in [1.82, 2.24) is 4.98 Å². The largest absolute Gasteiger partial charge is 0.416 e. The molecule has 0 fully saturated rings. The molecule has 0 radical (unpaired) electrons. The molecule has 0 aliphatic carbocycles. The summed E-state index contributed by atoms with van der Waals surface area (Å²) in [6.07, 6.45) is -4.44. The van der Waals surface area contributed by atoms with Crippen LogP contribution in [0.4, 0.5) is 13.2 Å². The Morgan fingerprint density at radius 1 is 1.11 bits per heavy atom. The zero-order valence-corrected chi connectivity index (χ0v) is 9.64. The Labute approximate surface area is 105 Å². The number of hydrogen-bond donors (Lipinski definition) is 1. The summed E-state index contributed by atoms with van der Waals surface area (Å²) in [4.78, 5) is 13.6. The van der Waals surface area contributed by atoms with Crippen molar-refractivity contribution < 1.29 is 13.2 Å². The number of rotatable bonds is 1. The lowest BCUT2D eigenvalue weighted by atomic mass is 10.1. The van der Waals surface area contributed by atoms with Crippen LogP contribution in [0.1, 0.15) is 5.56 Å². The van der Waals surface area contributed by atoms with Crippen molar-refractivity contribution in [3.8, 4) is 11.3 Å². The second-order valence-corrected chi connectivity index (χ2v) is 4.03. The number of H-pyrrole nitrogens is 1. The fourth-order valence-corrected chi connectivity index (χ4v) is 1.80. The van der Waals surface area contributed by atoms with Crippen LogP contribution >= 0.6 is 11.6 Å². The van der Waals surface area contributed by atoms with Gasteiger partial charge >= 0.3 is 6.18 Å².